The second-order valence-corrected chi connectivity index (χ2v) is 11.5. The summed E-state index contributed by atoms with van der Waals surface area (Å²) in [6, 6.07) is 2.08. The van der Waals surface area contributed by atoms with E-state index in [-0.39, 0.29) is 28.8 Å². The molecule has 0 aromatic heterocycles. The first-order valence-corrected chi connectivity index (χ1v) is 13.2. The van der Waals surface area contributed by atoms with Gasteiger partial charge in [0.05, 0.1) is 6.04 Å². The number of hydrogen-bond donors (Lipinski definition) is 5. The molecule has 1 aromatic carbocycles. The Labute approximate surface area is 227 Å². The van der Waals surface area contributed by atoms with Crippen molar-refractivity contribution in [2.45, 2.75) is 76.6 Å². The molecule has 0 spiro atoms. The van der Waals surface area contributed by atoms with Crippen LogP contribution in [0.4, 0.5) is 4.39 Å². The fourth-order valence-corrected chi connectivity index (χ4v) is 4.45. The lowest BCUT2D eigenvalue weighted by molar-refractivity contribution is -0.136. The van der Waals surface area contributed by atoms with Crippen LogP contribution in [-0.2, 0) is 19.2 Å². The van der Waals surface area contributed by atoms with Gasteiger partial charge in [-0.3, -0.25) is 19.2 Å². The smallest absolute Gasteiger partial charge is 0.251 e. The first-order valence-electron chi connectivity index (χ1n) is 12.8. The molecule has 1 heterocycles. The molecule has 1 aliphatic carbocycles. The predicted octanol–water partition coefficient (Wildman–Crippen LogP) is 2.06. The normalized spacial score (nSPS) is 19.9. The van der Waals surface area contributed by atoms with Crippen LogP contribution in [0.15, 0.2) is 24.3 Å². The lowest BCUT2D eigenvalue weighted by Gasteiger charge is -2.30. The number of aliphatic hydroxyl groups excluding tert-OH is 1. The van der Waals surface area contributed by atoms with Crippen molar-refractivity contribution < 1.29 is 28.7 Å². The highest BCUT2D eigenvalue weighted by molar-refractivity contribution is 6.30. The Balaban J connectivity index is 1.72. The third-order valence-electron chi connectivity index (χ3n) is 6.45. The van der Waals surface area contributed by atoms with Crippen LogP contribution in [0.2, 0.25) is 5.02 Å². The molecule has 2 aliphatic rings. The molecule has 38 heavy (non-hydrogen) atoms. The maximum absolute atomic E-state index is 14.0. The van der Waals surface area contributed by atoms with E-state index in [4.69, 9.17) is 11.6 Å². The molecule has 3 rings (SSSR count). The minimum Gasteiger partial charge on any atom is -0.381 e. The monoisotopic (exact) mass is 550 g/mol. The van der Waals surface area contributed by atoms with Gasteiger partial charge < -0.3 is 26.4 Å². The lowest BCUT2D eigenvalue weighted by Crippen LogP contribution is -2.57. The van der Waals surface area contributed by atoms with Gasteiger partial charge in [0.25, 0.3) is 5.91 Å². The van der Waals surface area contributed by atoms with Gasteiger partial charge in [-0.05, 0) is 64.2 Å². The van der Waals surface area contributed by atoms with Gasteiger partial charge in [0.15, 0.2) is 6.10 Å². The van der Waals surface area contributed by atoms with E-state index in [1.54, 1.807) is 20.8 Å². The van der Waals surface area contributed by atoms with Crippen LogP contribution in [0.1, 0.15) is 58.4 Å². The van der Waals surface area contributed by atoms with Gasteiger partial charge in [-0.15, -0.1) is 0 Å². The molecule has 3 unspecified atom stereocenters. The summed E-state index contributed by atoms with van der Waals surface area (Å²) in [6.07, 6.45) is 3.63. The number of nitrogens with one attached hydrogen (secondary N) is 4. The first kappa shape index (κ1) is 29.6. The van der Waals surface area contributed by atoms with Crippen molar-refractivity contribution in [3.8, 4) is 0 Å². The van der Waals surface area contributed by atoms with Gasteiger partial charge in [-0.2, -0.15) is 0 Å². The van der Waals surface area contributed by atoms with E-state index in [0.29, 0.717) is 19.4 Å². The number of halogens is 2. The Kier molecular flexibility index (Phi) is 9.89. The molecule has 11 heteroatoms. The average Bonchev–Trinajstić information content (AvgIpc) is 3.55. The summed E-state index contributed by atoms with van der Waals surface area (Å²) in [6.45, 7) is 5.77. The third-order valence-corrected chi connectivity index (χ3v) is 6.69. The molecule has 1 saturated heterocycles. The van der Waals surface area contributed by atoms with E-state index in [1.807, 2.05) is 0 Å². The number of aliphatic hydroxyl groups is 1. The second-order valence-electron chi connectivity index (χ2n) is 11.1. The molecule has 5 N–H and O–H groups in total. The quantitative estimate of drug-likeness (QED) is 0.269. The number of amides is 4. The second kappa shape index (κ2) is 12.7. The van der Waals surface area contributed by atoms with Crippen LogP contribution in [0, 0.1) is 17.7 Å². The molecule has 0 radical (unpaired) electrons. The van der Waals surface area contributed by atoms with Crippen LogP contribution in [0.3, 0.4) is 0 Å². The Morgan fingerprint density at radius 3 is 2.45 bits per heavy atom. The topological polar surface area (TPSA) is 137 Å². The minimum atomic E-state index is -1.60. The summed E-state index contributed by atoms with van der Waals surface area (Å²) in [5.41, 5.74) is -0.453. The standard InChI is InChI=1S/C27H36ClFN4O5/c1-27(2,3)33-26(38)23(35)20(13-17-10-11-30-24(17)36)32-25(37)21(12-15-4-5-15)31-22(34)9-7-16-6-8-18(28)14-19(16)29/h6-9,14-15,17,20-21,23,35H,4-5,10-13H2,1-3H3,(H,30,36)(H,31,34)(H,32,37)(H,33,38)/b9-7+/t17-,20?,21?,23?/m0/s1. The van der Waals surface area contributed by atoms with E-state index >= 15 is 0 Å². The van der Waals surface area contributed by atoms with E-state index in [1.165, 1.54) is 18.2 Å². The summed E-state index contributed by atoms with van der Waals surface area (Å²) >= 11 is 5.76. The third kappa shape index (κ3) is 9.09. The maximum Gasteiger partial charge on any atom is 0.251 e. The molecule has 4 amide bonds. The highest BCUT2D eigenvalue weighted by atomic mass is 35.5. The van der Waals surface area contributed by atoms with Crippen molar-refractivity contribution in [2.75, 3.05) is 6.54 Å². The molecular weight excluding hydrogens is 515 g/mol. The van der Waals surface area contributed by atoms with E-state index < -0.39 is 53.2 Å². The van der Waals surface area contributed by atoms with Crippen LogP contribution >= 0.6 is 11.6 Å². The maximum atomic E-state index is 14.0. The summed E-state index contributed by atoms with van der Waals surface area (Å²) in [4.78, 5) is 50.8. The van der Waals surface area contributed by atoms with Gasteiger partial charge in [0, 0.05) is 34.7 Å². The van der Waals surface area contributed by atoms with Crippen molar-refractivity contribution in [2.24, 2.45) is 11.8 Å². The zero-order chi connectivity index (χ0) is 28.0. The minimum absolute atomic E-state index is 0.0656. The molecule has 9 nitrogen and oxygen atoms in total. The van der Waals surface area contributed by atoms with E-state index in [0.717, 1.165) is 25.0 Å². The predicted molar refractivity (Wildman–Crippen MR) is 141 cm³/mol. The van der Waals surface area contributed by atoms with E-state index in [9.17, 15) is 28.7 Å². The largest absolute Gasteiger partial charge is 0.381 e. The van der Waals surface area contributed by atoms with Gasteiger partial charge >= 0.3 is 0 Å². The van der Waals surface area contributed by atoms with Crippen molar-refractivity contribution in [1.29, 1.82) is 0 Å². The summed E-state index contributed by atoms with van der Waals surface area (Å²) in [5.74, 6) is -2.83. The average molecular weight is 551 g/mol. The first-order chi connectivity index (χ1) is 17.8. The number of hydrogen-bond acceptors (Lipinski definition) is 5. The number of carbonyl (C=O) groups excluding carboxylic acids is 4. The zero-order valence-electron chi connectivity index (χ0n) is 21.9. The summed E-state index contributed by atoms with van der Waals surface area (Å²) < 4.78 is 14.0. The number of carbonyl (C=O) groups is 4. The van der Waals surface area contributed by atoms with Crippen molar-refractivity contribution in [1.82, 2.24) is 21.3 Å². The highest BCUT2D eigenvalue weighted by Crippen LogP contribution is 2.33. The van der Waals surface area contributed by atoms with Gasteiger partial charge in [-0.25, -0.2) is 4.39 Å². The summed E-state index contributed by atoms with van der Waals surface area (Å²) in [5, 5.41) is 21.9. The molecule has 1 saturated carbocycles. The molecule has 208 valence electrons. The van der Waals surface area contributed by atoms with Gasteiger partial charge in [0.2, 0.25) is 17.7 Å². The fourth-order valence-electron chi connectivity index (χ4n) is 4.29. The molecule has 0 bridgehead atoms. The zero-order valence-corrected chi connectivity index (χ0v) is 22.6. The molecule has 1 aliphatic heterocycles. The Morgan fingerprint density at radius 1 is 1.16 bits per heavy atom. The Morgan fingerprint density at radius 2 is 1.87 bits per heavy atom. The number of rotatable bonds is 11. The lowest BCUT2D eigenvalue weighted by atomic mass is 9.93. The van der Waals surface area contributed by atoms with Crippen LogP contribution in [-0.4, -0.2) is 59.0 Å². The van der Waals surface area contributed by atoms with Gasteiger partial charge in [0.1, 0.15) is 11.9 Å². The molecule has 4 atom stereocenters. The molecular formula is C27H36ClFN4O5. The van der Waals surface area contributed by atoms with Crippen molar-refractivity contribution >= 4 is 41.3 Å². The number of benzene rings is 1. The fraction of sp³-hybridized carbons (Fsp3) is 0.556. The van der Waals surface area contributed by atoms with Crippen LogP contribution in [0.25, 0.3) is 6.08 Å². The van der Waals surface area contributed by atoms with Crippen molar-refractivity contribution in [3.63, 3.8) is 0 Å². The molecule has 1 aromatic rings. The van der Waals surface area contributed by atoms with E-state index in [2.05, 4.69) is 21.3 Å². The van der Waals surface area contributed by atoms with Crippen LogP contribution < -0.4 is 21.3 Å². The van der Waals surface area contributed by atoms with Crippen molar-refractivity contribution in [3.05, 3.63) is 40.7 Å². The summed E-state index contributed by atoms with van der Waals surface area (Å²) in [7, 11) is 0. The molecule has 2 fully saturated rings. The highest BCUT2D eigenvalue weighted by Gasteiger charge is 2.37. The Bertz CT molecular complexity index is 1090. The van der Waals surface area contributed by atoms with Gasteiger partial charge in [-0.1, -0.05) is 30.5 Å². The van der Waals surface area contributed by atoms with Crippen LogP contribution in [0.5, 0.6) is 0 Å². The SMILES string of the molecule is CC(C)(C)NC(=O)C(O)C(C[C@@H]1CCNC1=O)NC(=O)C(CC1CC1)NC(=O)/C=C/c1ccc(Cl)cc1F. The Hall–Kier alpha value is -2.98.